The normalized spacial score (nSPS) is 13.3. The molecule has 0 bridgehead atoms. The van der Waals surface area contributed by atoms with Crippen LogP contribution in [0, 0.1) is 0 Å². The highest BCUT2D eigenvalue weighted by Crippen LogP contribution is 2.18. The molecular weight excluding hydrogens is 188 g/mol. The lowest BCUT2D eigenvalue weighted by Crippen LogP contribution is -2.13. The van der Waals surface area contributed by atoms with E-state index in [9.17, 15) is 0 Å². The number of pyridine rings is 1. The average Bonchev–Trinajstić information content (AvgIpc) is 2.58. The van der Waals surface area contributed by atoms with Gasteiger partial charge in [0.25, 0.3) is 0 Å². The molecule has 2 N–H and O–H groups in total. The third kappa shape index (κ3) is 1.72. The van der Waals surface area contributed by atoms with Gasteiger partial charge < -0.3 is 10.3 Å². The van der Waals surface area contributed by atoms with E-state index in [1.54, 1.807) is 12.4 Å². The van der Waals surface area contributed by atoms with Crippen molar-refractivity contribution in [2.45, 2.75) is 32.9 Å². The highest BCUT2D eigenvalue weighted by molar-refractivity contribution is 5.74. The maximum atomic E-state index is 5.90. The van der Waals surface area contributed by atoms with E-state index < -0.39 is 0 Å². The van der Waals surface area contributed by atoms with Gasteiger partial charge in [-0.3, -0.25) is 4.98 Å². The molecule has 0 saturated carbocycles. The summed E-state index contributed by atoms with van der Waals surface area (Å²) in [6.45, 7) is 5.07. The molecule has 0 aliphatic heterocycles. The molecule has 2 rings (SSSR count). The van der Waals surface area contributed by atoms with E-state index in [0.717, 1.165) is 29.8 Å². The highest BCUT2D eigenvalue weighted by Gasteiger charge is 2.12. The van der Waals surface area contributed by atoms with Gasteiger partial charge in [-0.15, -0.1) is 0 Å². The van der Waals surface area contributed by atoms with Crippen LogP contribution in [0.2, 0.25) is 0 Å². The molecule has 0 fully saturated rings. The van der Waals surface area contributed by atoms with Gasteiger partial charge in [-0.25, -0.2) is 4.98 Å². The fourth-order valence-corrected chi connectivity index (χ4v) is 1.81. The van der Waals surface area contributed by atoms with Gasteiger partial charge in [-0.1, -0.05) is 6.92 Å². The Kier molecular flexibility index (Phi) is 2.68. The second-order valence-electron chi connectivity index (χ2n) is 3.77. The zero-order chi connectivity index (χ0) is 10.8. The molecule has 2 heterocycles. The Bertz CT molecular complexity index is 459. The van der Waals surface area contributed by atoms with Crippen LogP contribution >= 0.6 is 0 Å². The Morgan fingerprint density at radius 1 is 1.53 bits per heavy atom. The standard InChI is InChI=1S/C11H16N4/c1-3-6-15-10-4-5-13-7-9(10)14-11(15)8(2)12/h4-5,7-8H,3,6,12H2,1-2H3. The molecule has 1 atom stereocenters. The first-order valence-electron chi connectivity index (χ1n) is 5.29. The molecule has 15 heavy (non-hydrogen) atoms. The number of hydrogen-bond acceptors (Lipinski definition) is 3. The van der Waals surface area contributed by atoms with Gasteiger partial charge >= 0.3 is 0 Å². The molecule has 0 aliphatic carbocycles. The van der Waals surface area contributed by atoms with Crippen molar-refractivity contribution in [3.63, 3.8) is 0 Å². The summed E-state index contributed by atoms with van der Waals surface area (Å²) in [5.74, 6) is 0.944. The van der Waals surface area contributed by atoms with Crippen LogP contribution in [-0.4, -0.2) is 14.5 Å². The van der Waals surface area contributed by atoms with E-state index in [1.807, 2.05) is 13.0 Å². The fraction of sp³-hybridized carbons (Fsp3) is 0.455. The molecule has 0 amide bonds. The smallest absolute Gasteiger partial charge is 0.126 e. The summed E-state index contributed by atoms with van der Waals surface area (Å²) in [6.07, 6.45) is 4.65. The zero-order valence-electron chi connectivity index (χ0n) is 9.14. The van der Waals surface area contributed by atoms with Gasteiger partial charge in [0.15, 0.2) is 0 Å². The predicted octanol–water partition coefficient (Wildman–Crippen LogP) is 1.86. The summed E-state index contributed by atoms with van der Waals surface area (Å²) in [5.41, 5.74) is 7.96. The van der Waals surface area contributed by atoms with Gasteiger partial charge in [0, 0.05) is 12.7 Å². The SMILES string of the molecule is CCCn1c(C(C)N)nc2cnccc21. The number of imidazole rings is 1. The van der Waals surface area contributed by atoms with Crippen molar-refractivity contribution in [3.8, 4) is 0 Å². The Hall–Kier alpha value is -1.42. The van der Waals surface area contributed by atoms with Gasteiger partial charge in [0.05, 0.1) is 17.8 Å². The Balaban J connectivity index is 2.63. The second kappa shape index (κ2) is 3.98. The molecule has 2 aromatic rings. The fourth-order valence-electron chi connectivity index (χ4n) is 1.81. The van der Waals surface area contributed by atoms with E-state index >= 15 is 0 Å². The summed E-state index contributed by atoms with van der Waals surface area (Å²) in [7, 11) is 0. The van der Waals surface area contributed by atoms with Gasteiger partial charge in [-0.05, 0) is 19.4 Å². The molecule has 0 aromatic carbocycles. The minimum atomic E-state index is -0.0380. The molecule has 4 heteroatoms. The van der Waals surface area contributed by atoms with Crippen LogP contribution in [0.15, 0.2) is 18.5 Å². The lowest BCUT2D eigenvalue weighted by molar-refractivity contribution is 0.613. The van der Waals surface area contributed by atoms with E-state index in [4.69, 9.17) is 5.73 Å². The monoisotopic (exact) mass is 204 g/mol. The lowest BCUT2D eigenvalue weighted by atomic mass is 10.3. The predicted molar refractivity (Wildman–Crippen MR) is 60.4 cm³/mol. The van der Waals surface area contributed by atoms with Crippen molar-refractivity contribution in [2.24, 2.45) is 5.73 Å². The molecule has 80 valence electrons. The average molecular weight is 204 g/mol. The van der Waals surface area contributed by atoms with Crippen molar-refractivity contribution < 1.29 is 0 Å². The summed E-state index contributed by atoms with van der Waals surface area (Å²) >= 11 is 0. The first-order chi connectivity index (χ1) is 7.24. The van der Waals surface area contributed by atoms with Crippen molar-refractivity contribution in [3.05, 3.63) is 24.3 Å². The number of hydrogen-bond donors (Lipinski definition) is 1. The number of rotatable bonds is 3. The maximum Gasteiger partial charge on any atom is 0.126 e. The lowest BCUT2D eigenvalue weighted by Gasteiger charge is -2.09. The molecule has 1 unspecified atom stereocenters. The third-order valence-electron chi connectivity index (χ3n) is 2.43. The third-order valence-corrected chi connectivity index (χ3v) is 2.43. The molecule has 4 nitrogen and oxygen atoms in total. The zero-order valence-corrected chi connectivity index (χ0v) is 9.14. The number of aryl methyl sites for hydroxylation is 1. The number of nitrogens with zero attached hydrogens (tertiary/aromatic N) is 3. The van der Waals surface area contributed by atoms with Crippen molar-refractivity contribution in [1.29, 1.82) is 0 Å². The topological polar surface area (TPSA) is 56.7 Å². The molecule has 0 aliphatic rings. The van der Waals surface area contributed by atoms with E-state index in [2.05, 4.69) is 21.5 Å². The van der Waals surface area contributed by atoms with Gasteiger partial charge in [-0.2, -0.15) is 0 Å². The van der Waals surface area contributed by atoms with Gasteiger partial charge in [0.1, 0.15) is 11.3 Å². The summed E-state index contributed by atoms with van der Waals surface area (Å²) in [5, 5.41) is 0. The summed E-state index contributed by atoms with van der Waals surface area (Å²) in [6, 6.07) is 1.95. The first kappa shape index (κ1) is 10.1. The summed E-state index contributed by atoms with van der Waals surface area (Å²) in [4.78, 5) is 8.58. The minimum absolute atomic E-state index is 0.0380. The molecular formula is C11H16N4. The maximum absolute atomic E-state index is 5.90. The van der Waals surface area contributed by atoms with Crippen LogP contribution in [0.25, 0.3) is 11.0 Å². The van der Waals surface area contributed by atoms with Crippen LogP contribution in [0.5, 0.6) is 0 Å². The van der Waals surface area contributed by atoms with Crippen LogP contribution in [0.3, 0.4) is 0 Å². The Morgan fingerprint density at radius 2 is 2.33 bits per heavy atom. The van der Waals surface area contributed by atoms with Crippen LogP contribution < -0.4 is 5.73 Å². The van der Waals surface area contributed by atoms with Crippen LogP contribution in [0.4, 0.5) is 0 Å². The van der Waals surface area contributed by atoms with Gasteiger partial charge in [0.2, 0.25) is 0 Å². The molecule has 2 aromatic heterocycles. The molecule has 0 spiro atoms. The minimum Gasteiger partial charge on any atom is -0.327 e. The Morgan fingerprint density at radius 3 is 3.00 bits per heavy atom. The largest absolute Gasteiger partial charge is 0.327 e. The van der Waals surface area contributed by atoms with Crippen molar-refractivity contribution in [2.75, 3.05) is 0 Å². The van der Waals surface area contributed by atoms with Crippen molar-refractivity contribution in [1.82, 2.24) is 14.5 Å². The van der Waals surface area contributed by atoms with Crippen LogP contribution in [-0.2, 0) is 6.54 Å². The molecule has 0 saturated heterocycles. The first-order valence-corrected chi connectivity index (χ1v) is 5.29. The second-order valence-corrected chi connectivity index (χ2v) is 3.77. The Labute approximate surface area is 89.1 Å². The molecule has 0 radical (unpaired) electrons. The quantitative estimate of drug-likeness (QED) is 0.830. The van der Waals surface area contributed by atoms with Crippen LogP contribution in [0.1, 0.15) is 32.1 Å². The van der Waals surface area contributed by atoms with E-state index in [0.29, 0.717) is 0 Å². The number of nitrogens with two attached hydrogens (primary N) is 1. The number of aromatic nitrogens is 3. The summed E-state index contributed by atoms with van der Waals surface area (Å²) < 4.78 is 2.18. The van der Waals surface area contributed by atoms with E-state index in [-0.39, 0.29) is 6.04 Å². The van der Waals surface area contributed by atoms with E-state index in [1.165, 1.54) is 0 Å². The number of fused-ring (bicyclic) bond motifs is 1. The highest BCUT2D eigenvalue weighted by atomic mass is 15.1. The van der Waals surface area contributed by atoms with Crippen molar-refractivity contribution >= 4 is 11.0 Å².